The first-order chi connectivity index (χ1) is 16.9. The normalized spacial score (nSPS) is 14.6. The van der Waals surface area contributed by atoms with Crippen molar-refractivity contribution in [1.82, 2.24) is 29.6 Å². The Morgan fingerprint density at radius 3 is 2.17 bits per heavy atom. The van der Waals surface area contributed by atoms with E-state index in [-0.39, 0.29) is 17.4 Å². The van der Waals surface area contributed by atoms with Crippen LogP contribution in [0.2, 0.25) is 0 Å². The molecule has 1 fully saturated rings. The molecule has 9 nitrogen and oxygen atoms in total. The lowest BCUT2D eigenvalue weighted by Gasteiger charge is -2.34. The molecule has 9 heteroatoms. The summed E-state index contributed by atoms with van der Waals surface area (Å²) in [5.74, 6) is 1.02. The molecule has 0 aliphatic carbocycles. The van der Waals surface area contributed by atoms with E-state index in [1.165, 1.54) is 6.07 Å². The Hall–Kier alpha value is -3.98. The zero-order chi connectivity index (χ0) is 24.5. The largest absolute Gasteiger partial charge is 0.508 e. The molecular weight excluding hydrogens is 442 g/mol. The van der Waals surface area contributed by atoms with E-state index in [1.807, 2.05) is 30.5 Å². The molecule has 2 N–H and O–H groups in total. The first-order valence-electron chi connectivity index (χ1n) is 11.7. The van der Waals surface area contributed by atoms with Gasteiger partial charge in [-0.3, -0.25) is 9.55 Å². The third kappa shape index (κ3) is 4.42. The van der Waals surface area contributed by atoms with Crippen LogP contribution >= 0.6 is 0 Å². The predicted octanol–water partition coefficient (Wildman–Crippen LogP) is 3.68. The van der Waals surface area contributed by atoms with E-state index in [0.717, 1.165) is 43.1 Å². The van der Waals surface area contributed by atoms with Crippen LogP contribution in [-0.2, 0) is 0 Å². The van der Waals surface area contributed by atoms with Gasteiger partial charge in [-0.1, -0.05) is 13.8 Å². The van der Waals surface area contributed by atoms with Gasteiger partial charge >= 0.3 is 0 Å². The van der Waals surface area contributed by atoms with Gasteiger partial charge in [0.2, 0.25) is 0 Å². The number of aromatic nitrogens is 5. The van der Waals surface area contributed by atoms with Crippen LogP contribution in [0.4, 0.5) is 5.69 Å². The Balaban J connectivity index is 1.62. The highest BCUT2D eigenvalue weighted by Gasteiger charge is 2.23. The molecule has 0 amide bonds. The van der Waals surface area contributed by atoms with Crippen molar-refractivity contribution in [1.29, 1.82) is 0 Å². The summed E-state index contributed by atoms with van der Waals surface area (Å²) in [5.41, 5.74) is 3.77. The fourth-order valence-corrected chi connectivity index (χ4v) is 4.40. The van der Waals surface area contributed by atoms with E-state index in [0.29, 0.717) is 22.9 Å². The Kier molecular flexibility index (Phi) is 6.08. The van der Waals surface area contributed by atoms with Crippen LogP contribution in [0, 0.1) is 0 Å². The molecule has 0 atom stereocenters. The first kappa shape index (κ1) is 22.8. The molecule has 1 saturated heterocycles. The minimum Gasteiger partial charge on any atom is -0.508 e. The second kappa shape index (κ2) is 9.34. The highest BCUT2D eigenvalue weighted by molar-refractivity contribution is 5.72. The Bertz CT molecular complexity index is 1310. The van der Waals surface area contributed by atoms with E-state index in [2.05, 4.69) is 49.1 Å². The standard InChI is InChI=1S/C26H29N7O2/c1-17(2)20-14-21(24(35)15-23(20)34)25-29-30-26(22-16-27-8-9-28-22)33(25)19-6-4-18(5-7-19)32-12-10-31(3)11-13-32/h4-9,14-17,34-35H,10-13H2,1-3H3. The van der Waals surface area contributed by atoms with Crippen LogP contribution in [0.1, 0.15) is 25.3 Å². The summed E-state index contributed by atoms with van der Waals surface area (Å²) < 4.78 is 1.87. The SMILES string of the molecule is CC(C)c1cc(-c2nnc(-c3cnccn3)n2-c2ccc(N3CCN(C)CC3)cc2)c(O)cc1O. The van der Waals surface area contributed by atoms with E-state index >= 15 is 0 Å². The van der Waals surface area contributed by atoms with Crippen molar-refractivity contribution in [3.63, 3.8) is 0 Å². The maximum atomic E-state index is 10.8. The lowest BCUT2D eigenvalue weighted by Crippen LogP contribution is -2.44. The number of phenols is 2. The number of hydrogen-bond acceptors (Lipinski definition) is 8. The number of anilines is 1. The van der Waals surface area contributed by atoms with Crippen LogP contribution in [0.5, 0.6) is 11.5 Å². The Labute approximate surface area is 204 Å². The summed E-state index contributed by atoms with van der Waals surface area (Å²) in [6, 6.07) is 11.4. The number of piperazine rings is 1. The molecule has 1 aliphatic heterocycles. The highest BCUT2D eigenvalue weighted by Crippen LogP contribution is 2.39. The summed E-state index contributed by atoms with van der Waals surface area (Å²) in [6.45, 7) is 8.01. The summed E-state index contributed by atoms with van der Waals surface area (Å²) in [5, 5.41) is 30.0. The third-order valence-electron chi connectivity index (χ3n) is 6.44. The second-order valence-corrected chi connectivity index (χ2v) is 9.16. The third-order valence-corrected chi connectivity index (χ3v) is 6.44. The van der Waals surface area contributed by atoms with Crippen molar-refractivity contribution >= 4 is 5.69 Å². The monoisotopic (exact) mass is 471 g/mol. The van der Waals surface area contributed by atoms with Gasteiger partial charge in [0.25, 0.3) is 0 Å². The molecule has 3 heterocycles. The van der Waals surface area contributed by atoms with Gasteiger partial charge in [-0.15, -0.1) is 10.2 Å². The van der Waals surface area contributed by atoms with Gasteiger partial charge in [0.1, 0.15) is 17.2 Å². The molecule has 2 aromatic heterocycles. The lowest BCUT2D eigenvalue weighted by molar-refractivity contribution is 0.313. The summed E-state index contributed by atoms with van der Waals surface area (Å²) in [7, 11) is 2.14. The Morgan fingerprint density at radius 2 is 1.51 bits per heavy atom. The van der Waals surface area contributed by atoms with Crippen LogP contribution in [0.3, 0.4) is 0 Å². The minimum atomic E-state index is -0.0692. The number of likely N-dealkylation sites (N-methyl/N-ethyl adjacent to an activating group) is 1. The van der Waals surface area contributed by atoms with E-state index in [1.54, 1.807) is 24.7 Å². The van der Waals surface area contributed by atoms with Gasteiger partial charge in [0, 0.05) is 56.0 Å². The molecule has 180 valence electrons. The van der Waals surface area contributed by atoms with Gasteiger partial charge in [-0.25, -0.2) is 4.98 Å². The predicted molar refractivity (Wildman–Crippen MR) is 135 cm³/mol. The first-order valence-corrected chi connectivity index (χ1v) is 11.7. The number of hydrogen-bond donors (Lipinski definition) is 2. The van der Waals surface area contributed by atoms with Crippen LogP contribution < -0.4 is 4.90 Å². The number of benzene rings is 2. The average Bonchev–Trinajstić information content (AvgIpc) is 3.30. The zero-order valence-electron chi connectivity index (χ0n) is 20.1. The zero-order valence-corrected chi connectivity index (χ0v) is 20.1. The molecule has 1 aliphatic rings. The molecule has 0 spiro atoms. The van der Waals surface area contributed by atoms with Crippen molar-refractivity contribution in [3.8, 4) is 40.1 Å². The summed E-state index contributed by atoms with van der Waals surface area (Å²) in [6.07, 6.45) is 4.86. The maximum absolute atomic E-state index is 10.8. The van der Waals surface area contributed by atoms with Gasteiger partial charge in [0.05, 0.1) is 11.8 Å². The smallest absolute Gasteiger partial charge is 0.189 e. The minimum absolute atomic E-state index is 0.0537. The van der Waals surface area contributed by atoms with Gasteiger partial charge in [-0.2, -0.15) is 0 Å². The molecule has 0 unspecified atom stereocenters. The Morgan fingerprint density at radius 1 is 0.829 bits per heavy atom. The molecule has 0 radical (unpaired) electrons. The van der Waals surface area contributed by atoms with Crippen molar-refractivity contribution in [3.05, 3.63) is 60.6 Å². The number of nitrogens with zero attached hydrogens (tertiary/aromatic N) is 7. The molecule has 0 saturated carbocycles. The molecule has 5 rings (SSSR count). The van der Waals surface area contributed by atoms with Crippen molar-refractivity contribution in [2.75, 3.05) is 38.1 Å². The van der Waals surface area contributed by atoms with E-state index in [4.69, 9.17) is 0 Å². The summed E-state index contributed by atoms with van der Waals surface area (Å²) >= 11 is 0. The average molecular weight is 472 g/mol. The van der Waals surface area contributed by atoms with E-state index in [9.17, 15) is 10.2 Å². The fourth-order valence-electron chi connectivity index (χ4n) is 4.40. The molecule has 0 bridgehead atoms. The van der Waals surface area contributed by atoms with Crippen molar-refractivity contribution < 1.29 is 10.2 Å². The number of phenolic OH excluding ortho intramolecular Hbond substituents is 2. The molecule has 2 aromatic carbocycles. The molecule has 4 aromatic rings. The number of rotatable bonds is 5. The maximum Gasteiger partial charge on any atom is 0.189 e. The molecular formula is C26H29N7O2. The second-order valence-electron chi connectivity index (χ2n) is 9.16. The molecule has 35 heavy (non-hydrogen) atoms. The van der Waals surface area contributed by atoms with Crippen LogP contribution in [0.25, 0.3) is 28.6 Å². The van der Waals surface area contributed by atoms with Crippen molar-refractivity contribution in [2.45, 2.75) is 19.8 Å². The highest BCUT2D eigenvalue weighted by atomic mass is 16.3. The number of aromatic hydroxyl groups is 2. The van der Waals surface area contributed by atoms with Crippen LogP contribution in [0.15, 0.2) is 55.0 Å². The van der Waals surface area contributed by atoms with Crippen molar-refractivity contribution in [2.24, 2.45) is 0 Å². The fraction of sp³-hybridized carbons (Fsp3) is 0.308. The van der Waals surface area contributed by atoms with E-state index < -0.39 is 0 Å². The van der Waals surface area contributed by atoms with Gasteiger partial charge in [0.15, 0.2) is 11.6 Å². The summed E-state index contributed by atoms with van der Waals surface area (Å²) in [4.78, 5) is 13.3. The lowest BCUT2D eigenvalue weighted by atomic mass is 9.98. The van der Waals surface area contributed by atoms with Gasteiger partial charge in [-0.05, 0) is 48.9 Å². The topological polar surface area (TPSA) is 103 Å². The quantitative estimate of drug-likeness (QED) is 0.454. The van der Waals surface area contributed by atoms with Crippen LogP contribution in [-0.4, -0.2) is 73.1 Å². The van der Waals surface area contributed by atoms with Gasteiger partial charge < -0.3 is 20.0 Å².